The fourth-order valence-electron chi connectivity index (χ4n) is 4.24. The number of hydrogen-bond acceptors (Lipinski definition) is 6. The molecular formula is C32H23Br2ClN2O6. The molecule has 0 spiro atoms. The molecule has 0 saturated carbocycles. The standard InChI is InChI=1S/C32H23Br2ClN2O6/c1-41-28-16-21(15-27(34)29(28)43-18-20-3-2-4-23(35)13-20)14-26-30(38)36-32(40)37(31(26)39)24-9-11-25(12-10-24)42-17-19-5-7-22(33)8-6-19/h2-16H,17-18H2,1H3,(H,36,38,40)/b26-14+. The molecule has 1 fully saturated rings. The number of anilines is 1. The molecule has 218 valence electrons. The van der Waals surface area contributed by atoms with E-state index >= 15 is 0 Å². The Balaban J connectivity index is 1.34. The van der Waals surface area contributed by atoms with Crippen LogP contribution < -0.4 is 24.4 Å². The number of urea groups is 1. The summed E-state index contributed by atoms with van der Waals surface area (Å²) in [6, 6.07) is 23.9. The van der Waals surface area contributed by atoms with Gasteiger partial charge in [-0.05, 0) is 99.4 Å². The summed E-state index contributed by atoms with van der Waals surface area (Å²) in [6.07, 6.45) is 1.39. The second-order valence-corrected chi connectivity index (χ2v) is 11.5. The number of imide groups is 2. The van der Waals surface area contributed by atoms with E-state index in [1.165, 1.54) is 13.2 Å². The van der Waals surface area contributed by atoms with Crippen LogP contribution in [0, 0.1) is 0 Å². The van der Waals surface area contributed by atoms with E-state index in [0.717, 1.165) is 20.5 Å². The Kier molecular flexibility index (Phi) is 9.49. The van der Waals surface area contributed by atoms with Crippen molar-refractivity contribution in [1.82, 2.24) is 5.32 Å². The van der Waals surface area contributed by atoms with Crippen molar-refractivity contribution in [1.29, 1.82) is 0 Å². The maximum absolute atomic E-state index is 13.4. The molecule has 1 heterocycles. The highest BCUT2D eigenvalue weighted by atomic mass is 79.9. The van der Waals surface area contributed by atoms with Crippen LogP contribution in [-0.2, 0) is 22.8 Å². The molecule has 1 aliphatic heterocycles. The normalized spacial score (nSPS) is 14.1. The molecule has 43 heavy (non-hydrogen) atoms. The van der Waals surface area contributed by atoms with Crippen molar-refractivity contribution < 1.29 is 28.6 Å². The number of carbonyl (C=O) groups excluding carboxylic acids is 3. The first-order chi connectivity index (χ1) is 20.7. The van der Waals surface area contributed by atoms with Crippen LogP contribution in [0.3, 0.4) is 0 Å². The number of carbonyl (C=O) groups is 3. The van der Waals surface area contributed by atoms with Crippen LogP contribution in [0.4, 0.5) is 10.5 Å². The van der Waals surface area contributed by atoms with Crippen molar-refractivity contribution in [2.45, 2.75) is 13.2 Å². The summed E-state index contributed by atoms with van der Waals surface area (Å²) in [4.78, 5) is 39.8. The van der Waals surface area contributed by atoms with Gasteiger partial charge in [0.25, 0.3) is 11.8 Å². The molecule has 0 atom stereocenters. The van der Waals surface area contributed by atoms with Gasteiger partial charge in [-0.1, -0.05) is 51.8 Å². The predicted octanol–water partition coefficient (Wildman–Crippen LogP) is 7.70. The van der Waals surface area contributed by atoms with Gasteiger partial charge in [-0.25, -0.2) is 9.69 Å². The van der Waals surface area contributed by atoms with E-state index in [1.807, 2.05) is 36.4 Å². The number of amides is 4. The number of barbiturate groups is 1. The number of nitrogens with one attached hydrogen (secondary N) is 1. The van der Waals surface area contributed by atoms with Gasteiger partial charge in [0.2, 0.25) is 0 Å². The van der Waals surface area contributed by atoms with Crippen molar-refractivity contribution in [3.63, 3.8) is 0 Å². The fourth-order valence-corrected chi connectivity index (χ4v) is 5.29. The highest BCUT2D eigenvalue weighted by Crippen LogP contribution is 2.38. The van der Waals surface area contributed by atoms with E-state index in [1.54, 1.807) is 48.5 Å². The molecule has 0 aliphatic carbocycles. The summed E-state index contributed by atoms with van der Waals surface area (Å²) in [5, 5.41) is 2.83. The molecular weight excluding hydrogens is 704 g/mol. The number of halogens is 3. The third-order valence-corrected chi connectivity index (χ3v) is 7.70. The lowest BCUT2D eigenvalue weighted by molar-refractivity contribution is -0.122. The predicted molar refractivity (Wildman–Crippen MR) is 170 cm³/mol. The van der Waals surface area contributed by atoms with Crippen molar-refractivity contribution in [3.05, 3.63) is 121 Å². The fraction of sp³-hybridized carbons (Fsp3) is 0.0938. The Morgan fingerprint density at radius 2 is 1.58 bits per heavy atom. The second-order valence-electron chi connectivity index (χ2n) is 9.32. The lowest BCUT2D eigenvalue weighted by atomic mass is 10.1. The van der Waals surface area contributed by atoms with E-state index < -0.39 is 17.8 Å². The van der Waals surface area contributed by atoms with Gasteiger partial charge in [0.15, 0.2) is 11.5 Å². The Morgan fingerprint density at radius 3 is 2.28 bits per heavy atom. The summed E-state index contributed by atoms with van der Waals surface area (Å²) in [5.41, 5.74) is 2.38. The molecule has 0 unspecified atom stereocenters. The molecule has 11 heteroatoms. The van der Waals surface area contributed by atoms with E-state index in [-0.39, 0.29) is 17.9 Å². The summed E-state index contributed by atoms with van der Waals surface area (Å²) >= 11 is 13.0. The molecule has 8 nitrogen and oxygen atoms in total. The van der Waals surface area contributed by atoms with Crippen LogP contribution >= 0.6 is 43.5 Å². The molecule has 1 saturated heterocycles. The summed E-state index contributed by atoms with van der Waals surface area (Å²) in [6.45, 7) is 0.586. The van der Waals surface area contributed by atoms with Crippen LogP contribution in [0.1, 0.15) is 16.7 Å². The lowest BCUT2D eigenvalue weighted by Crippen LogP contribution is -2.54. The molecule has 4 aromatic carbocycles. The Morgan fingerprint density at radius 1 is 0.860 bits per heavy atom. The van der Waals surface area contributed by atoms with Crippen molar-refractivity contribution in [2.24, 2.45) is 0 Å². The van der Waals surface area contributed by atoms with Crippen LogP contribution in [-0.4, -0.2) is 25.0 Å². The number of benzene rings is 4. The number of rotatable bonds is 9. The molecule has 4 amide bonds. The van der Waals surface area contributed by atoms with E-state index in [9.17, 15) is 14.4 Å². The number of hydrogen-bond donors (Lipinski definition) is 1. The van der Waals surface area contributed by atoms with Crippen molar-refractivity contribution in [3.8, 4) is 17.2 Å². The SMILES string of the molecule is COc1cc(/C=C2\C(=O)NC(=O)N(c3ccc(OCc4ccc(Br)cc4)cc3)C2=O)cc(Br)c1OCc1cccc(Cl)c1. The summed E-state index contributed by atoms with van der Waals surface area (Å²) in [5.74, 6) is -0.217. The monoisotopic (exact) mass is 724 g/mol. The van der Waals surface area contributed by atoms with E-state index in [0.29, 0.717) is 38.9 Å². The maximum Gasteiger partial charge on any atom is 0.335 e. The quantitative estimate of drug-likeness (QED) is 0.140. The highest BCUT2D eigenvalue weighted by Gasteiger charge is 2.37. The van der Waals surface area contributed by atoms with Gasteiger partial charge in [-0.15, -0.1) is 0 Å². The molecule has 1 N–H and O–H groups in total. The minimum atomic E-state index is -0.848. The highest BCUT2D eigenvalue weighted by molar-refractivity contribution is 9.10. The van der Waals surface area contributed by atoms with Crippen LogP contribution in [0.5, 0.6) is 17.2 Å². The minimum Gasteiger partial charge on any atom is -0.493 e. The second kappa shape index (κ2) is 13.5. The van der Waals surface area contributed by atoms with Gasteiger partial charge in [0, 0.05) is 9.50 Å². The first kappa shape index (κ1) is 30.3. The van der Waals surface area contributed by atoms with Crippen molar-refractivity contribution >= 4 is 73.1 Å². The summed E-state index contributed by atoms with van der Waals surface area (Å²) < 4.78 is 18.8. The van der Waals surface area contributed by atoms with Crippen LogP contribution in [0.25, 0.3) is 6.08 Å². The zero-order valence-corrected chi connectivity index (χ0v) is 26.5. The average molecular weight is 727 g/mol. The van der Waals surface area contributed by atoms with Gasteiger partial charge in [0.05, 0.1) is 17.3 Å². The van der Waals surface area contributed by atoms with E-state index in [4.69, 9.17) is 25.8 Å². The third-order valence-electron chi connectivity index (χ3n) is 6.35. The molecule has 0 radical (unpaired) electrons. The molecule has 4 aromatic rings. The van der Waals surface area contributed by atoms with Crippen molar-refractivity contribution in [2.75, 3.05) is 12.0 Å². The zero-order chi connectivity index (χ0) is 30.5. The molecule has 5 rings (SSSR count). The van der Waals surface area contributed by atoms with Gasteiger partial charge < -0.3 is 14.2 Å². The maximum atomic E-state index is 13.4. The van der Waals surface area contributed by atoms with Crippen LogP contribution in [0.15, 0.2) is 99.4 Å². The Hall–Kier alpha value is -4.12. The number of ether oxygens (including phenoxy) is 3. The number of methoxy groups -OCH3 is 1. The van der Waals surface area contributed by atoms with Gasteiger partial charge >= 0.3 is 6.03 Å². The van der Waals surface area contributed by atoms with Gasteiger partial charge in [-0.2, -0.15) is 0 Å². The Bertz CT molecular complexity index is 1730. The topological polar surface area (TPSA) is 94.2 Å². The largest absolute Gasteiger partial charge is 0.493 e. The third kappa shape index (κ3) is 7.27. The molecule has 0 aromatic heterocycles. The first-order valence-electron chi connectivity index (χ1n) is 12.9. The molecule has 0 bridgehead atoms. The first-order valence-corrected chi connectivity index (χ1v) is 14.8. The van der Waals surface area contributed by atoms with Gasteiger partial charge in [0.1, 0.15) is 24.5 Å². The van der Waals surface area contributed by atoms with E-state index in [2.05, 4.69) is 37.2 Å². The smallest absolute Gasteiger partial charge is 0.335 e. The lowest BCUT2D eigenvalue weighted by Gasteiger charge is -2.26. The van der Waals surface area contributed by atoms with Crippen LogP contribution in [0.2, 0.25) is 5.02 Å². The minimum absolute atomic E-state index is 0.225. The Labute approximate surface area is 269 Å². The zero-order valence-electron chi connectivity index (χ0n) is 22.6. The summed E-state index contributed by atoms with van der Waals surface area (Å²) in [7, 11) is 1.48. The average Bonchev–Trinajstić information content (AvgIpc) is 2.99. The van der Waals surface area contributed by atoms with Gasteiger partial charge in [-0.3, -0.25) is 14.9 Å². The molecule has 1 aliphatic rings. The number of nitrogens with zero attached hydrogens (tertiary/aromatic N) is 1.